The molecule has 0 saturated carbocycles. The minimum absolute atomic E-state index is 0.100. The molecule has 1 fully saturated rings. The van der Waals surface area contributed by atoms with Gasteiger partial charge in [0.1, 0.15) is 11.3 Å². The van der Waals surface area contributed by atoms with E-state index in [0.717, 1.165) is 18.4 Å². The molecule has 4 rings (SSSR count). The highest BCUT2D eigenvalue weighted by molar-refractivity contribution is 7.89. The second kappa shape index (κ2) is 9.03. The largest absolute Gasteiger partial charge is 0.497 e. The van der Waals surface area contributed by atoms with Gasteiger partial charge in [-0.3, -0.25) is 4.79 Å². The minimum Gasteiger partial charge on any atom is -0.497 e. The molecule has 10 heteroatoms. The Bertz CT molecular complexity index is 1190. The molecule has 164 valence electrons. The van der Waals surface area contributed by atoms with Crippen molar-refractivity contribution in [2.45, 2.75) is 37.1 Å². The lowest BCUT2D eigenvalue weighted by Crippen LogP contribution is -2.27. The third-order valence-corrected chi connectivity index (χ3v) is 7.21. The molecule has 9 nitrogen and oxygen atoms in total. The predicted octanol–water partition coefficient (Wildman–Crippen LogP) is 2.64. The highest BCUT2D eigenvalue weighted by Crippen LogP contribution is 2.24. The number of benzene rings is 2. The van der Waals surface area contributed by atoms with Crippen LogP contribution in [0.25, 0.3) is 11.0 Å². The van der Waals surface area contributed by atoms with Gasteiger partial charge >= 0.3 is 0 Å². The van der Waals surface area contributed by atoms with Crippen LogP contribution in [-0.4, -0.2) is 53.8 Å². The molecular weight excluding hydrogens is 418 g/mol. The first kappa shape index (κ1) is 21.3. The molecule has 3 aromatic rings. The van der Waals surface area contributed by atoms with Gasteiger partial charge in [-0.1, -0.05) is 11.3 Å². The van der Waals surface area contributed by atoms with Crippen molar-refractivity contribution in [1.29, 1.82) is 0 Å². The number of rotatable bonds is 8. The van der Waals surface area contributed by atoms with E-state index in [0.29, 0.717) is 49.4 Å². The van der Waals surface area contributed by atoms with Gasteiger partial charge in [0.25, 0.3) is 0 Å². The molecule has 1 saturated heterocycles. The molecule has 1 aliphatic heterocycles. The highest BCUT2D eigenvalue weighted by Gasteiger charge is 2.27. The summed E-state index contributed by atoms with van der Waals surface area (Å²) in [6.07, 6.45) is 2.67. The van der Waals surface area contributed by atoms with Crippen LogP contribution in [-0.2, 0) is 21.4 Å². The van der Waals surface area contributed by atoms with Gasteiger partial charge in [-0.05, 0) is 49.6 Å². The van der Waals surface area contributed by atoms with Crippen LogP contribution in [0.4, 0.5) is 5.69 Å². The topological polar surface area (TPSA) is 106 Å². The van der Waals surface area contributed by atoms with Crippen molar-refractivity contribution in [1.82, 2.24) is 19.3 Å². The van der Waals surface area contributed by atoms with Gasteiger partial charge in [0.05, 0.1) is 17.5 Å². The Labute approximate surface area is 181 Å². The van der Waals surface area contributed by atoms with Crippen LogP contribution >= 0.6 is 0 Å². The number of amides is 1. The second-order valence-corrected chi connectivity index (χ2v) is 9.40. The number of carbonyl (C=O) groups is 1. The number of carbonyl (C=O) groups excluding carboxylic acids is 1. The van der Waals surface area contributed by atoms with E-state index in [1.165, 1.54) is 4.31 Å². The molecule has 31 heavy (non-hydrogen) atoms. The van der Waals surface area contributed by atoms with E-state index in [1.54, 1.807) is 42.1 Å². The predicted molar refractivity (Wildman–Crippen MR) is 116 cm³/mol. The molecule has 0 unspecified atom stereocenters. The van der Waals surface area contributed by atoms with Crippen LogP contribution in [0.3, 0.4) is 0 Å². The minimum atomic E-state index is -3.49. The number of nitrogens with one attached hydrogen (secondary N) is 1. The van der Waals surface area contributed by atoms with Crippen molar-refractivity contribution in [3.8, 4) is 5.75 Å². The Morgan fingerprint density at radius 1 is 1.16 bits per heavy atom. The number of aryl methyl sites for hydroxylation is 1. The lowest BCUT2D eigenvalue weighted by Gasteiger charge is -2.15. The number of methoxy groups -OCH3 is 1. The summed E-state index contributed by atoms with van der Waals surface area (Å²) in [5.41, 5.74) is 1.96. The molecule has 0 spiro atoms. The van der Waals surface area contributed by atoms with E-state index >= 15 is 0 Å². The first-order valence-electron chi connectivity index (χ1n) is 10.2. The molecule has 2 aromatic carbocycles. The van der Waals surface area contributed by atoms with E-state index in [4.69, 9.17) is 4.74 Å². The molecule has 1 aliphatic rings. The van der Waals surface area contributed by atoms with Crippen LogP contribution in [0.2, 0.25) is 0 Å². The van der Waals surface area contributed by atoms with Gasteiger partial charge in [-0.15, -0.1) is 5.10 Å². The standard InChI is InChI=1S/C21H25N5O4S/c1-30-17-7-4-6-16(14-17)22-21(27)8-5-13-26-20-10-9-18(15-19(20)23-24-26)31(28,29)25-11-2-3-12-25/h4,6-7,9-10,14-15H,2-3,5,8,11-13H2,1H3,(H,22,27). The van der Waals surface area contributed by atoms with Crippen LogP contribution in [0, 0.1) is 0 Å². The van der Waals surface area contributed by atoms with Gasteiger partial charge < -0.3 is 10.1 Å². The molecule has 2 heterocycles. The maximum absolute atomic E-state index is 12.7. The molecule has 1 N–H and O–H groups in total. The van der Waals surface area contributed by atoms with E-state index in [-0.39, 0.29) is 10.8 Å². The molecule has 0 bridgehead atoms. The van der Waals surface area contributed by atoms with Crippen LogP contribution in [0.15, 0.2) is 47.4 Å². The molecule has 1 amide bonds. The summed E-state index contributed by atoms with van der Waals surface area (Å²) in [6.45, 7) is 1.62. The van der Waals surface area contributed by atoms with E-state index in [1.807, 2.05) is 12.1 Å². The highest BCUT2D eigenvalue weighted by atomic mass is 32.2. The summed E-state index contributed by atoms with van der Waals surface area (Å²) >= 11 is 0. The zero-order valence-electron chi connectivity index (χ0n) is 17.3. The van der Waals surface area contributed by atoms with E-state index in [2.05, 4.69) is 15.6 Å². The monoisotopic (exact) mass is 443 g/mol. The number of fused-ring (bicyclic) bond motifs is 1. The number of ether oxygens (including phenoxy) is 1. The summed E-state index contributed by atoms with van der Waals surface area (Å²) in [6, 6.07) is 12.1. The first-order valence-corrected chi connectivity index (χ1v) is 11.7. The lowest BCUT2D eigenvalue weighted by molar-refractivity contribution is -0.116. The van der Waals surface area contributed by atoms with Crippen LogP contribution < -0.4 is 10.1 Å². The summed E-state index contributed by atoms with van der Waals surface area (Å²) in [5.74, 6) is 0.578. The number of anilines is 1. The summed E-state index contributed by atoms with van der Waals surface area (Å²) in [4.78, 5) is 12.5. The normalized spacial score (nSPS) is 14.7. The fourth-order valence-electron chi connectivity index (χ4n) is 3.67. The van der Waals surface area contributed by atoms with Crippen molar-refractivity contribution < 1.29 is 17.9 Å². The summed E-state index contributed by atoms with van der Waals surface area (Å²) in [7, 11) is -1.91. The van der Waals surface area contributed by atoms with Gasteiger partial charge in [-0.25, -0.2) is 13.1 Å². The van der Waals surface area contributed by atoms with Crippen molar-refractivity contribution in [2.75, 3.05) is 25.5 Å². The average molecular weight is 444 g/mol. The van der Waals surface area contributed by atoms with Crippen LogP contribution in [0.1, 0.15) is 25.7 Å². The van der Waals surface area contributed by atoms with Crippen molar-refractivity contribution in [2.24, 2.45) is 0 Å². The van der Waals surface area contributed by atoms with Gasteiger partial charge in [-0.2, -0.15) is 4.31 Å². The Morgan fingerprint density at radius 2 is 1.97 bits per heavy atom. The quantitative estimate of drug-likeness (QED) is 0.574. The number of hydrogen-bond acceptors (Lipinski definition) is 6. The number of nitrogens with zero attached hydrogens (tertiary/aromatic N) is 4. The van der Waals surface area contributed by atoms with Gasteiger partial charge in [0.2, 0.25) is 15.9 Å². The summed E-state index contributed by atoms with van der Waals surface area (Å²) in [5, 5.41) is 11.1. The molecule has 0 radical (unpaired) electrons. The van der Waals surface area contributed by atoms with Crippen molar-refractivity contribution >= 4 is 32.7 Å². The SMILES string of the molecule is COc1cccc(NC(=O)CCCn2nnc3cc(S(=O)(=O)N4CCCC4)ccc32)c1. The van der Waals surface area contributed by atoms with Gasteiger partial charge in [0.15, 0.2) is 0 Å². The first-order chi connectivity index (χ1) is 15.0. The van der Waals surface area contributed by atoms with Crippen LogP contribution in [0.5, 0.6) is 5.75 Å². The fourth-order valence-corrected chi connectivity index (χ4v) is 5.21. The second-order valence-electron chi connectivity index (χ2n) is 7.46. The maximum atomic E-state index is 12.7. The number of hydrogen-bond donors (Lipinski definition) is 1. The Balaban J connectivity index is 1.37. The molecule has 0 atom stereocenters. The average Bonchev–Trinajstić information content (AvgIpc) is 3.44. The van der Waals surface area contributed by atoms with E-state index in [9.17, 15) is 13.2 Å². The van der Waals surface area contributed by atoms with Crippen molar-refractivity contribution in [3.05, 3.63) is 42.5 Å². The zero-order chi connectivity index (χ0) is 21.8. The zero-order valence-corrected chi connectivity index (χ0v) is 18.1. The smallest absolute Gasteiger partial charge is 0.243 e. The summed E-state index contributed by atoms with van der Waals surface area (Å²) < 4.78 is 33.8. The third kappa shape index (κ3) is 4.70. The third-order valence-electron chi connectivity index (χ3n) is 5.32. The Hall–Kier alpha value is -2.98. The molecule has 0 aliphatic carbocycles. The number of sulfonamides is 1. The van der Waals surface area contributed by atoms with Crippen molar-refractivity contribution in [3.63, 3.8) is 0 Å². The molecular formula is C21H25N5O4S. The van der Waals surface area contributed by atoms with Gasteiger partial charge in [0, 0.05) is 37.8 Å². The Morgan fingerprint density at radius 3 is 2.74 bits per heavy atom. The Kier molecular flexibility index (Phi) is 6.19. The van der Waals surface area contributed by atoms with E-state index < -0.39 is 10.0 Å². The lowest BCUT2D eigenvalue weighted by atomic mass is 10.2. The fraction of sp³-hybridized carbons (Fsp3) is 0.381. The maximum Gasteiger partial charge on any atom is 0.243 e. The molecule has 1 aromatic heterocycles. The number of aromatic nitrogens is 3.